The standard InChI is InChI=1S/C11H10N2O2S/c1-7-10(9-3-2-4-15-9)13-8(6-14)5-12-11(13)16-7/h2-5,14H,6H2,1H3. The van der Waals surface area contributed by atoms with Crippen molar-refractivity contribution < 1.29 is 9.52 Å². The van der Waals surface area contributed by atoms with Gasteiger partial charge in [0.15, 0.2) is 10.7 Å². The number of hydrogen-bond donors (Lipinski definition) is 1. The summed E-state index contributed by atoms with van der Waals surface area (Å²) in [6, 6.07) is 3.77. The average Bonchev–Trinajstić information content (AvgIpc) is 2.92. The number of thiazole rings is 1. The van der Waals surface area contributed by atoms with Gasteiger partial charge in [0.05, 0.1) is 24.8 Å². The lowest BCUT2D eigenvalue weighted by atomic mass is 10.3. The van der Waals surface area contributed by atoms with Gasteiger partial charge in [-0.1, -0.05) is 0 Å². The maximum Gasteiger partial charge on any atom is 0.194 e. The van der Waals surface area contributed by atoms with Crippen LogP contribution in [0.25, 0.3) is 16.4 Å². The third-order valence-electron chi connectivity index (χ3n) is 2.52. The van der Waals surface area contributed by atoms with Gasteiger partial charge in [-0.05, 0) is 19.1 Å². The highest BCUT2D eigenvalue weighted by Crippen LogP contribution is 2.32. The number of nitrogens with zero attached hydrogens (tertiary/aromatic N) is 2. The molecule has 1 N–H and O–H groups in total. The van der Waals surface area contributed by atoms with Gasteiger partial charge in [0.2, 0.25) is 0 Å². The van der Waals surface area contributed by atoms with Crippen LogP contribution in [-0.2, 0) is 6.61 Å². The number of aliphatic hydroxyl groups excluding tert-OH is 1. The molecule has 0 fully saturated rings. The first-order valence-electron chi connectivity index (χ1n) is 4.91. The van der Waals surface area contributed by atoms with Gasteiger partial charge in [0.1, 0.15) is 5.69 Å². The van der Waals surface area contributed by atoms with E-state index in [0.29, 0.717) is 0 Å². The van der Waals surface area contributed by atoms with Crippen LogP contribution >= 0.6 is 11.3 Å². The fourth-order valence-corrected chi connectivity index (χ4v) is 2.80. The van der Waals surface area contributed by atoms with Crippen molar-refractivity contribution in [1.82, 2.24) is 9.38 Å². The summed E-state index contributed by atoms with van der Waals surface area (Å²) in [4.78, 5) is 6.28. The molecule has 0 aromatic carbocycles. The Hall–Kier alpha value is -1.59. The van der Waals surface area contributed by atoms with Gasteiger partial charge in [-0.3, -0.25) is 4.40 Å². The van der Waals surface area contributed by atoms with E-state index in [0.717, 1.165) is 27.0 Å². The molecule has 0 atom stereocenters. The first-order chi connectivity index (χ1) is 7.81. The first-order valence-corrected chi connectivity index (χ1v) is 5.73. The first kappa shape index (κ1) is 9.62. The van der Waals surface area contributed by atoms with Crippen LogP contribution in [0.3, 0.4) is 0 Å². The molecule has 0 radical (unpaired) electrons. The molecule has 0 aliphatic carbocycles. The molecule has 3 aromatic rings. The van der Waals surface area contributed by atoms with Crippen LogP contribution < -0.4 is 0 Å². The Labute approximate surface area is 95.8 Å². The summed E-state index contributed by atoms with van der Waals surface area (Å²) in [5.41, 5.74) is 1.76. The summed E-state index contributed by atoms with van der Waals surface area (Å²) in [6.45, 7) is 2.00. The molecule has 0 amide bonds. The number of aryl methyl sites for hydroxylation is 1. The minimum atomic E-state index is -0.0228. The highest BCUT2D eigenvalue weighted by molar-refractivity contribution is 7.17. The third-order valence-corrected chi connectivity index (χ3v) is 3.49. The van der Waals surface area contributed by atoms with E-state index in [1.807, 2.05) is 23.5 Å². The van der Waals surface area contributed by atoms with E-state index >= 15 is 0 Å². The second kappa shape index (κ2) is 3.47. The Balaban J connectivity index is 2.37. The number of aliphatic hydroxyl groups is 1. The lowest BCUT2D eigenvalue weighted by Crippen LogP contribution is -1.93. The molecule has 3 aromatic heterocycles. The highest BCUT2D eigenvalue weighted by atomic mass is 32.1. The SMILES string of the molecule is Cc1sc2ncc(CO)n2c1-c1ccco1. The Morgan fingerprint density at radius 1 is 1.56 bits per heavy atom. The van der Waals surface area contributed by atoms with E-state index in [1.165, 1.54) is 0 Å². The predicted octanol–water partition coefficient (Wildman–Crippen LogP) is 2.46. The average molecular weight is 234 g/mol. The number of furan rings is 1. The molecule has 0 saturated heterocycles. The van der Waals surface area contributed by atoms with Gasteiger partial charge in [-0.25, -0.2) is 4.98 Å². The zero-order valence-electron chi connectivity index (χ0n) is 8.67. The minimum absolute atomic E-state index is 0.0228. The summed E-state index contributed by atoms with van der Waals surface area (Å²) in [5, 5.41) is 9.27. The largest absolute Gasteiger partial charge is 0.463 e. The van der Waals surface area contributed by atoms with Gasteiger partial charge in [-0.2, -0.15) is 0 Å². The summed E-state index contributed by atoms with van der Waals surface area (Å²) < 4.78 is 7.36. The van der Waals surface area contributed by atoms with E-state index < -0.39 is 0 Å². The Morgan fingerprint density at radius 3 is 3.12 bits per heavy atom. The molecule has 3 rings (SSSR count). The molecule has 0 spiro atoms. The Morgan fingerprint density at radius 2 is 2.44 bits per heavy atom. The lowest BCUT2D eigenvalue weighted by molar-refractivity contribution is 0.276. The maximum absolute atomic E-state index is 9.27. The van der Waals surface area contributed by atoms with Crippen molar-refractivity contribution in [3.63, 3.8) is 0 Å². The summed E-state index contributed by atoms with van der Waals surface area (Å²) in [5.74, 6) is 0.802. The number of fused-ring (bicyclic) bond motifs is 1. The van der Waals surface area contributed by atoms with Gasteiger partial charge in [-0.15, -0.1) is 11.3 Å². The molecule has 3 heterocycles. The molecule has 0 aliphatic rings. The Kier molecular flexibility index (Phi) is 2.08. The smallest absolute Gasteiger partial charge is 0.194 e. The molecule has 0 saturated carbocycles. The van der Waals surface area contributed by atoms with Crippen LogP contribution in [0.1, 0.15) is 10.6 Å². The monoisotopic (exact) mass is 234 g/mol. The molecule has 0 bridgehead atoms. The van der Waals surface area contributed by atoms with E-state index in [4.69, 9.17) is 4.42 Å². The summed E-state index contributed by atoms with van der Waals surface area (Å²) in [7, 11) is 0. The van der Waals surface area contributed by atoms with Crippen LogP contribution in [0.15, 0.2) is 29.0 Å². The van der Waals surface area contributed by atoms with Gasteiger partial charge in [0, 0.05) is 4.88 Å². The maximum atomic E-state index is 9.27. The molecule has 5 heteroatoms. The lowest BCUT2D eigenvalue weighted by Gasteiger charge is -2.00. The minimum Gasteiger partial charge on any atom is -0.463 e. The molecule has 0 aliphatic heterocycles. The van der Waals surface area contributed by atoms with Crippen LogP contribution in [0, 0.1) is 6.92 Å². The summed E-state index contributed by atoms with van der Waals surface area (Å²) >= 11 is 1.59. The van der Waals surface area contributed by atoms with E-state index in [9.17, 15) is 5.11 Å². The fourth-order valence-electron chi connectivity index (χ4n) is 1.83. The van der Waals surface area contributed by atoms with E-state index in [-0.39, 0.29) is 6.61 Å². The van der Waals surface area contributed by atoms with Crippen LogP contribution in [0.5, 0.6) is 0 Å². The van der Waals surface area contributed by atoms with Crippen LogP contribution in [-0.4, -0.2) is 14.5 Å². The zero-order valence-corrected chi connectivity index (χ0v) is 9.49. The molecule has 82 valence electrons. The predicted molar refractivity (Wildman–Crippen MR) is 61.4 cm³/mol. The van der Waals surface area contributed by atoms with E-state index in [1.54, 1.807) is 23.8 Å². The highest BCUT2D eigenvalue weighted by Gasteiger charge is 2.16. The second-order valence-corrected chi connectivity index (χ2v) is 4.69. The van der Waals surface area contributed by atoms with Crippen molar-refractivity contribution in [2.75, 3.05) is 0 Å². The molecule has 0 unspecified atom stereocenters. The van der Waals surface area contributed by atoms with Crippen molar-refractivity contribution >= 4 is 16.3 Å². The second-order valence-electron chi connectivity index (χ2n) is 3.51. The van der Waals surface area contributed by atoms with Gasteiger partial charge < -0.3 is 9.52 Å². The third kappa shape index (κ3) is 1.22. The molecular formula is C11H10N2O2S. The van der Waals surface area contributed by atoms with Crippen molar-refractivity contribution in [2.45, 2.75) is 13.5 Å². The molecule has 16 heavy (non-hydrogen) atoms. The topological polar surface area (TPSA) is 50.7 Å². The van der Waals surface area contributed by atoms with Crippen LogP contribution in [0.2, 0.25) is 0 Å². The number of aromatic nitrogens is 2. The fraction of sp³-hybridized carbons (Fsp3) is 0.182. The number of hydrogen-bond acceptors (Lipinski definition) is 4. The number of imidazole rings is 1. The molecular weight excluding hydrogens is 224 g/mol. The number of rotatable bonds is 2. The van der Waals surface area contributed by atoms with Crippen molar-refractivity contribution in [3.05, 3.63) is 35.2 Å². The zero-order chi connectivity index (χ0) is 11.1. The quantitative estimate of drug-likeness (QED) is 0.741. The summed E-state index contributed by atoms with van der Waals surface area (Å²) in [6.07, 6.45) is 3.34. The molecule has 4 nitrogen and oxygen atoms in total. The Bertz CT molecular complexity index is 622. The van der Waals surface area contributed by atoms with Crippen molar-refractivity contribution in [3.8, 4) is 11.5 Å². The van der Waals surface area contributed by atoms with Crippen molar-refractivity contribution in [2.24, 2.45) is 0 Å². The van der Waals surface area contributed by atoms with Gasteiger partial charge in [0.25, 0.3) is 0 Å². The van der Waals surface area contributed by atoms with Gasteiger partial charge >= 0.3 is 0 Å². The van der Waals surface area contributed by atoms with E-state index in [2.05, 4.69) is 4.98 Å². The normalized spacial score (nSPS) is 11.4. The van der Waals surface area contributed by atoms with Crippen LogP contribution in [0.4, 0.5) is 0 Å². The van der Waals surface area contributed by atoms with Crippen molar-refractivity contribution in [1.29, 1.82) is 0 Å².